The number of nitro benzene ring substituents is 1. The number of benzene rings is 1. The van der Waals surface area contributed by atoms with E-state index < -0.39 is 14.9 Å². The number of likely N-dealkylation sites (N-methyl/N-ethyl adjacent to an activating group) is 1. The molecule has 8 nitrogen and oxygen atoms in total. The van der Waals surface area contributed by atoms with E-state index in [4.69, 9.17) is 4.74 Å². The van der Waals surface area contributed by atoms with Crippen LogP contribution < -0.4 is 4.74 Å². The normalized spacial score (nSPS) is 17.6. The lowest BCUT2D eigenvalue weighted by Crippen LogP contribution is -2.47. The predicted octanol–water partition coefficient (Wildman–Crippen LogP) is 0.539. The number of nitro groups is 1. The summed E-state index contributed by atoms with van der Waals surface area (Å²) in [5, 5.41) is 10.8. The third-order valence-electron chi connectivity index (χ3n) is 3.44. The maximum atomic E-state index is 12.7. The zero-order valence-electron chi connectivity index (χ0n) is 11.9. The summed E-state index contributed by atoms with van der Waals surface area (Å²) < 4.78 is 31.7. The van der Waals surface area contributed by atoms with Crippen LogP contribution in [0, 0.1) is 10.1 Å². The third-order valence-corrected chi connectivity index (χ3v) is 5.36. The molecule has 1 aliphatic heterocycles. The molecule has 1 fully saturated rings. The van der Waals surface area contributed by atoms with Crippen LogP contribution in [0.25, 0.3) is 0 Å². The summed E-state index contributed by atoms with van der Waals surface area (Å²) in [6.07, 6.45) is 0. The molecule has 1 saturated heterocycles. The molecule has 0 bridgehead atoms. The molecular formula is C12H17N3O5S. The second-order valence-corrected chi connectivity index (χ2v) is 6.71. The van der Waals surface area contributed by atoms with Gasteiger partial charge in [-0.05, 0) is 13.1 Å². The van der Waals surface area contributed by atoms with Crippen LogP contribution in [0.1, 0.15) is 0 Å². The molecule has 1 aromatic rings. The molecule has 0 amide bonds. The Hall–Kier alpha value is -1.71. The number of ether oxygens (including phenoxy) is 1. The van der Waals surface area contributed by atoms with Gasteiger partial charge in [-0.25, -0.2) is 8.42 Å². The minimum Gasteiger partial charge on any atom is -0.495 e. The summed E-state index contributed by atoms with van der Waals surface area (Å²) in [5.41, 5.74) is -0.275. The summed E-state index contributed by atoms with van der Waals surface area (Å²) in [5.74, 6) is 0.111. The van der Waals surface area contributed by atoms with E-state index in [-0.39, 0.29) is 16.3 Å². The average Bonchev–Trinajstić information content (AvgIpc) is 2.46. The first-order valence-electron chi connectivity index (χ1n) is 6.37. The zero-order chi connectivity index (χ0) is 15.6. The van der Waals surface area contributed by atoms with Gasteiger partial charge in [-0.3, -0.25) is 10.1 Å². The van der Waals surface area contributed by atoms with E-state index in [1.54, 1.807) is 0 Å². The maximum absolute atomic E-state index is 12.7. The Morgan fingerprint density at radius 2 is 1.86 bits per heavy atom. The van der Waals surface area contributed by atoms with E-state index in [2.05, 4.69) is 0 Å². The van der Waals surface area contributed by atoms with Gasteiger partial charge in [0.15, 0.2) is 0 Å². The lowest BCUT2D eigenvalue weighted by molar-refractivity contribution is -0.385. The van der Waals surface area contributed by atoms with Crippen LogP contribution in [0.15, 0.2) is 23.1 Å². The van der Waals surface area contributed by atoms with Gasteiger partial charge in [0.25, 0.3) is 5.69 Å². The van der Waals surface area contributed by atoms with Crippen molar-refractivity contribution in [2.75, 3.05) is 40.3 Å². The molecule has 21 heavy (non-hydrogen) atoms. The highest BCUT2D eigenvalue weighted by Crippen LogP contribution is 2.30. The molecule has 0 aromatic heterocycles. The van der Waals surface area contributed by atoms with Crippen LogP contribution >= 0.6 is 0 Å². The van der Waals surface area contributed by atoms with Gasteiger partial charge in [0.05, 0.1) is 12.0 Å². The lowest BCUT2D eigenvalue weighted by atomic mass is 10.3. The average molecular weight is 315 g/mol. The molecule has 0 aliphatic carbocycles. The molecule has 2 rings (SSSR count). The van der Waals surface area contributed by atoms with E-state index in [0.717, 1.165) is 6.07 Å². The molecule has 0 unspecified atom stereocenters. The van der Waals surface area contributed by atoms with Crippen molar-refractivity contribution in [3.8, 4) is 5.75 Å². The van der Waals surface area contributed by atoms with Gasteiger partial charge in [0.2, 0.25) is 10.0 Å². The largest absolute Gasteiger partial charge is 0.495 e. The Morgan fingerprint density at radius 3 is 2.38 bits per heavy atom. The smallest absolute Gasteiger partial charge is 0.271 e. The van der Waals surface area contributed by atoms with Crippen LogP contribution in [0.2, 0.25) is 0 Å². The highest BCUT2D eigenvalue weighted by Gasteiger charge is 2.31. The number of hydrogen-bond acceptors (Lipinski definition) is 6. The highest BCUT2D eigenvalue weighted by atomic mass is 32.2. The number of rotatable bonds is 4. The Balaban J connectivity index is 2.43. The Bertz CT molecular complexity index is 638. The highest BCUT2D eigenvalue weighted by molar-refractivity contribution is 7.89. The second kappa shape index (κ2) is 5.96. The standard InChI is InChI=1S/C12H17N3O5S/c1-13-5-7-14(8-6-13)21(18,19)12-9-10(15(16)17)3-4-11(12)20-2/h3-4,9H,5-8H2,1-2H3. The minimum absolute atomic E-state index is 0.111. The van der Waals surface area contributed by atoms with Gasteiger partial charge < -0.3 is 9.64 Å². The molecule has 0 saturated carbocycles. The van der Waals surface area contributed by atoms with Crippen LogP contribution in [0.4, 0.5) is 5.69 Å². The summed E-state index contributed by atoms with van der Waals surface area (Å²) in [4.78, 5) is 12.1. The summed E-state index contributed by atoms with van der Waals surface area (Å²) in [7, 11) is -0.555. The van der Waals surface area contributed by atoms with Gasteiger partial charge >= 0.3 is 0 Å². The van der Waals surface area contributed by atoms with Crippen molar-refractivity contribution in [1.29, 1.82) is 0 Å². The lowest BCUT2D eigenvalue weighted by Gasteiger charge is -2.31. The predicted molar refractivity (Wildman–Crippen MR) is 75.9 cm³/mol. The SMILES string of the molecule is COc1ccc([N+](=O)[O-])cc1S(=O)(=O)N1CCN(C)CC1. The van der Waals surface area contributed by atoms with Crippen LogP contribution in [0.5, 0.6) is 5.75 Å². The third kappa shape index (κ3) is 3.14. The number of sulfonamides is 1. The van der Waals surface area contributed by atoms with Crippen LogP contribution in [0.3, 0.4) is 0 Å². The maximum Gasteiger partial charge on any atom is 0.271 e. The van der Waals surface area contributed by atoms with E-state index >= 15 is 0 Å². The number of piperazine rings is 1. The first-order chi connectivity index (χ1) is 9.86. The number of nitrogens with zero attached hydrogens (tertiary/aromatic N) is 3. The molecule has 0 N–H and O–H groups in total. The Labute approximate surface area is 123 Å². The topological polar surface area (TPSA) is 93.0 Å². The van der Waals surface area contributed by atoms with Gasteiger partial charge in [0.1, 0.15) is 10.6 Å². The monoisotopic (exact) mass is 315 g/mol. The van der Waals surface area contributed by atoms with Gasteiger partial charge in [0, 0.05) is 38.3 Å². The van der Waals surface area contributed by atoms with Crippen LogP contribution in [-0.4, -0.2) is 62.9 Å². The van der Waals surface area contributed by atoms with E-state index in [9.17, 15) is 18.5 Å². The zero-order valence-corrected chi connectivity index (χ0v) is 12.7. The summed E-state index contributed by atoms with van der Waals surface area (Å²) >= 11 is 0. The molecule has 0 radical (unpaired) electrons. The number of non-ortho nitro benzene ring substituents is 1. The molecular weight excluding hydrogens is 298 g/mol. The quantitative estimate of drug-likeness (QED) is 0.595. The van der Waals surface area contributed by atoms with Crippen molar-refractivity contribution in [3.05, 3.63) is 28.3 Å². The molecule has 1 aliphatic rings. The Morgan fingerprint density at radius 1 is 1.24 bits per heavy atom. The van der Waals surface area contributed by atoms with Crippen molar-refractivity contribution in [1.82, 2.24) is 9.21 Å². The van der Waals surface area contributed by atoms with Gasteiger partial charge in [-0.1, -0.05) is 0 Å². The summed E-state index contributed by atoms with van der Waals surface area (Å²) in [6, 6.07) is 3.58. The van der Waals surface area contributed by atoms with Crippen molar-refractivity contribution >= 4 is 15.7 Å². The van der Waals surface area contributed by atoms with Crippen molar-refractivity contribution in [2.24, 2.45) is 0 Å². The fourth-order valence-corrected chi connectivity index (χ4v) is 3.75. The second-order valence-electron chi connectivity index (χ2n) is 4.80. The van der Waals surface area contributed by atoms with E-state index in [1.165, 1.54) is 23.5 Å². The first-order valence-corrected chi connectivity index (χ1v) is 7.81. The Kier molecular flexibility index (Phi) is 4.45. The molecule has 0 atom stereocenters. The van der Waals surface area contributed by atoms with Gasteiger partial charge in [-0.15, -0.1) is 0 Å². The molecule has 9 heteroatoms. The summed E-state index contributed by atoms with van der Waals surface area (Å²) in [6.45, 7) is 1.95. The first kappa shape index (κ1) is 15.7. The molecule has 1 aromatic carbocycles. The molecule has 1 heterocycles. The number of methoxy groups -OCH3 is 1. The van der Waals surface area contributed by atoms with Crippen molar-refractivity contribution in [3.63, 3.8) is 0 Å². The van der Waals surface area contributed by atoms with E-state index in [1.807, 2.05) is 11.9 Å². The molecule has 0 spiro atoms. The van der Waals surface area contributed by atoms with E-state index in [0.29, 0.717) is 26.2 Å². The minimum atomic E-state index is -3.81. The molecule has 116 valence electrons. The van der Waals surface area contributed by atoms with Crippen LogP contribution in [-0.2, 0) is 10.0 Å². The number of hydrogen-bond donors (Lipinski definition) is 0. The van der Waals surface area contributed by atoms with Gasteiger partial charge in [-0.2, -0.15) is 4.31 Å². The fourth-order valence-electron chi connectivity index (χ4n) is 2.15. The van der Waals surface area contributed by atoms with Crippen molar-refractivity contribution < 1.29 is 18.1 Å². The fraction of sp³-hybridized carbons (Fsp3) is 0.500. The van der Waals surface area contributed by atoms with Crippen molar-refractivity contribution in [2.45, 2.75) is 4.90 Å².